The molecule has 1 aliphatic rings. The van der Waals surface area contributed by atoms with E-state index in [9.17, 15) is 8.42 Å². The summed E-state index contributed by atoms with van der Waals surface area (Å²) in [6.07, 6.45) is 3.91. The predicted octanol–water partition coefficient (Wildman–Crippen LogP) is 3.32. The van der Waals surface area contributed by atoms with E-state index < -0.39 is 10.0 Å². The van der Waals surface area contributed by atoms with Gasteiger partial charge in [0, 0.05) is 17.9 Å². The number of aryl methyl sites for hydroxylation is 1. The molecule has 5 heteroatoms. The van der Waals surface area contributed by atoms with E-state index in [0.29, 0.717) is 11.4 Å². The van der Waals surface area contributed by atoms with Crippen molar-refractivity contribution in [3.8, 4) is 0 Å². The van der Waals surface area contributed by atoms with Crippen LogP contribution in [0.4, 0.5) is 0 Å². The number of hydrogen-bond acceptors (Lipinski definition) is 2. The first-order chi connectivity index (χ1) is 9.05. The van der Waals surface area contributed by atoms with Crippen molar-refractivity contribution in [3.05, 3.63) is 29.8 Å². The lowest BCUT2D eigenvalue weighted by Crippen LogP contribution is -2.35. The van der Waals surface area contributed by atoms with Crippen LogP contribution in [0.25, 0.3) is 0 Å². The normalized spacial score (nSPS) is 20.8. The Kier molecular flexibility index (Phi) is 5.03. The van der Waals surface area contributed by atoms with Gasteiger partial charge in [0.15, 0.2) is 0 Å². The third kappa shape index (κ3) is 3.38. The van der Waals surface area contributed by atoms with Gasteiger partial charge in [-0.25, -0.2) is 8.42 Å². The Labute approximate surface area is 124 Å². The molecule has 1 unspecified atom stereocenters. The minimum Gasteiger partial charge on any atom is -0.207 e. The Morgan fingerprint density at radius 3 is 2.63 bits per heavy atom. The van der Waals surface area contributed by atoms with Crippen LogP contribution in [0.5, 0.6) is 0 Å². The summed E-state index contributed by atoms with van der Waals surface area (Å²) in [5, 5.41) is 0.932. The molecule has 2 rings (SSSR count). The number of rotatable bonds is 5. The Balaban J connectivity index is 2.21. The fraction of sp³-hybridized carbons (Fsp3) is 0.571. The number of benzene rings is 1. The van der Waals surface area contributed by atoms with Gasteiger partial charge in [0.1, 0.15) is 0 Å². The Morgan fingerprint density at radius 2 is 2.00 bits per heavy atom. The van der Waals surface area contributed by atoms with Gasteiger partial charge in [-0.1, -0.05) is 33.6 Å². The molecular weight excluding hydrogens is 326 g/mol. The minimum atomic E-state index is -3.32. The summed E-state index contributed by atoms with van der Waals surface area (Å²) < 4.78 is 27.0. The zero-order valence-electron chi connectivity index (χ0n) is 11.2. The van der Waals surface area contributed by atoms with Gasteiger partial charge < -0.3 is 0 Å². The predicted molar refractivity (Wildman–Crippen MR) is 81.1 cm³/mol. The van der Waals surface area contributed by atoms with E-state index in [1.54, 1.807) is 16.4 Å². The molecule has 1 aliphatic heterocycles. The lowest BCUT2D eigenvalue weighted by atomic mass is 10.1. The largest absolute Gasteiger partial charge is 0.243 e. The van der Waals surface area contributed by atoms with Crippen molar-refractivity contribution in [3.63, 3.8) is 0 Å². The molecule has 1 fully saturated rings. The van der Waals surface area contributed by atoms with Crippen molar-refractivity contribution in [1.29, 1.82) is 0 Å². The van der Waals surface area contributed by atoms with Crippen LogP contribution in [0, 0.1) is 6.92 Å². The smallest absolute Gasteiger partial charge is 0.207 e. The van der Waals surface area contributed by atoms with Crippen molar-refractivity contribution in [1.82, 2.24) is 4.31 Å². The summed E-state index contributed by atoms with van der Waals surface area (Å²) in [6.45, 7) is 2.62. The fourth-order valence-corrected chi connectivity index (χ4v) is 4.62. The van der Waals surface area contributed by atoms with Gasteiger partial charge in [0.25, 0.3) is 0 Å². The maximum absolute atomic E-state index is 12.6. The molecule has 0 aromatic heterocycles. The van der Waals surface area contributed by atoms with E-state index in [0.717, 1.165) is 36.6 Å². The van der Waals surface area contributed by atoms with Crippen LogP contribution in [0.3, 0.4) is 0 Å². The molecule has 3 nitrogen and oxygen atoms in total. The third-order valence-corrected chi connectivity index (χ3v) is 6.15. The maximum Gasteiger partial charge on any atom is 0.243 e. The van der Waals surface area contributed by atoms with Crippen LogP contribution >= 0.6 is 15.9 Å². The standard InChI is InChI=1S/C14H20BrNO2S/c1-12-6-8-14(9-7-12)19(17,18)16-11-3-5-13(16)4-2-10-15/h6-9,13H,2-5,10-11H2,1H3. The molecule has 0 N–H and O–H groups in total. The first kappa shape index (κ1) is 15.0. The lowest BCUT2D eigenvalue weighted by Gasteiger charge is -2.24. The molecule has 0 radical (unpaired) electrons. The summed E-state index contributed by atoms with van der Waals surface area (Å²) in [4.78, 5) is 0.420. The highest BCUT2D eigenvalue weighted by molar-refractivity contribution is 9.09. The maximum atomic E-state index is 12.6. The fourth-order valence-electron chi connectivity index (χ4n) is 2.57. The SMILES string of the molecule is Cc1ccc(S(=O)(=O)N2CCCC2CCCBr)cc1. The van der Waals surface area contributed by atoms with Gasteiger partial charge in [-0.2, -0.15) is 4.31 Å². The molecule has 1 atom stereocenters. The molecule has 0 bridgehead atoms. The molecule has 0 amide bonds. The molecule has 0 spiro atoms. The van der Waals surface area contributed by atoms with Crippen LogP contribution < -0.4 is 0 Å². The molecule has 1 heterocycles. The molecular formula is C14H20BrNO2S. The van der Waals surface area contributed by atoms with Crippen molar-refractivity contribution in [2.75, 3.05) is 11.9 Å². The van der Waals surface area contributed by atoms with Crippen molar-refractivity contribution >= 4 is 26.0 Å². The minimum absolute atomic E-state index is 0.170. The van der Waals surface area contributed by atoms with Crippen LogP contribution in [-0.2, 0) is 10.0 Å². The molecule has 1 aromatic carbocycles. The molecule has 19 heavy (non-hydrogen) atoms. The van der Waals surface area contributed by atoms with Gasteiger partial charge in [0.05, 0.1) is 4.90 Å². The number of nitrogens with zero attached hydrogens (tertiary/aromatic N) is 1. The average Bonchev–Trinajstić information content (AvgIpc) is 2.86. The van der Waals surface area contributed by atoms with Crippen LogP contribution in [0.15, 0.2) is 29.2 Å². The quantitative estimate of drug-likeness (QED) is 0.767. The van der Waals surface area contributed by atoms with Gasteiger partial charge in [0.2, 0.25) is 10.0 Å². The summed E-state index contributed by atoms with van der Waals surface area (Å²) in [5.41, 5.74) is 1.08. The molecule has 1 saturated heterocycles. The Bertz CT molecular complexity index is 513. The van der Waals surface area contributed by atoms with Crippen LogP contribution in [-0.4, -0.2) is 30.6 Å². The lowest BCUT2D eigenvalue weighted by molar-refractivity contribution is 0.369. The summed E-state index contributed by atoms with van der Waals surface area (Å²) in [5.74, 6) is 0. The number of hydrogen-bond donors (Lipinski definition) is 0. The zero-order valence-corrected chi connectivity index (χ0v) is 13.6. The van der Waals surface area contributed by atoms with E-state index >= 15 is 0 Å². The zero-order chi connectivity index (χ0) is 13.9. The molecule has 106 valence electrons. The van der Waals surface area contributed by atoms with Crippen molar-refractivity contribution in [2.24, 2.45) is 0 Å². The monoisotopic (exact) mass is 345 g/mol. The first-order valence-corrected chi connectivity index (χ1v) is 9.26. The summed E-state index contributed by atoms with van der Waals surface area (Å²) >= 11 is 3.41. The number of alkyl halides is 1. The van der Waals surface area contributed by atoms with Crippen LogP contribution in [0.2, 0.25) is 0 Å². The summed E-state index contributed by atoms with van der Waals surface area (Å²) in [7, 11) is -3.32. The Morgan fingerprint density at radius 1 is 1.32 bits per heavy atom. The van der Waals surface area contributed by atoms with Gasteiger partial charge in [-0.15, -0.1) is 0 Å². The highest BCUT2D eigenvalue weighted by Crippen LogP contribution is 2.28. The number of halogens is 1. The highest BCUT2D eigenvalue weighted by Gasteiger charge is 2.34. The molecule has 1 aromatic rings. The van der Waals surface area contributed by atoms with E-state index in [-0.39, 0.29) is 6.04 Å². The second-order valence-electron chi connectivity index (χ2n) is 5.06. The molecule has 0 aliphatic carbocycles. The Hall–Kier alpha value is -0.390. The van der Waals surface area contributed by atoms with Gasteiger partial charge in [-0.3, -0.25) is 0 Å². The average molecular weight is 346 g/mol. The van der Waals surface area contributed by atoms with E-state index in [1.807, 2.05) is 19.1 Å². The van der Waals surface area contributed by atoms with Crippen LogP contribution in [0.1, 0.15) is 31.2 Å². The summed E-state index contributed by atoms with van der Waals surface area (Å²) in [6, 6.07) is 7.31. The van der Waals surface area contributed by atoms with Crippen molar-refractivity contribution in [2.45, 2.75) is 43.5 Å². The van der Waals surface area contributed by atoms with E-state index in [2.05, 4.69) is 15.9 Å². The van der Waals surface area contributed by atoms with E-state index in [4.69, 9.17) is 0 Å². The second kappa shape index (κ2) is 6.37. The second-order valence-corrected chi connectivity index (χ2v) is 7.74. The highest BCUT2D eigenvalue weighted by atomic mass is 79.9. The topological polar surface area (TPSA) is 37.4 Å². The number of sulfonamides is 1. The third-order valence-electron chi connectivity index (χ3n) is 3.62. The van der Waals surface area contributed by atoms with Gasteiger partial charge >= 0.3 is 0 Å². The van der Waals surface area contributed by atoms with E-state index in [1.165, 1.54) is 0 Å². The first-order valence-electron chi connectivity index (χ1n) is 6.70. The van der Waals surface area contributed by atoms with Crippen molar-refractivity contribution < 1.29 is 8.42 Å². The molecule has 0 saturated carbocycles. The van der Waals surface area contributed by atoms with Gasteiger partial charge in [-0.05, 0) is 44.7 Å².